The standard InChI is InChI=1S/C15H26N2O5/c1-11(18)21-10-13(19)16(5)12-6-8-17(9-7-12)14(20)22-15(2,3)4/h12H,6-10H2,1-5H3. The lowest BCUT2D eigenvalue weighted by molar-refractivity contribution is -0.151. The number of hydrogen-bond acceptors (Lipinski definition) is 5. The minimum atomic E-state index is -0.509. The SMILES string of the molecule is CC(=O)OCC(=O)N(C)C1CCN(C(=O)OC(C)(C)C)CC1. The summed E-state index contributed by atoms with van der Waals surface area (Å²) in [4.78, 5) is 37.8. The van der Waals surface area contributed by atoms with Crippen LogP contribution in [0.25, 0.3) is 0 Å². The van der Waals surface area contributed by atoms with Crippen molar-refractivity contribution < 1.29 is 23.9 Å². The van der Waals surface area contributed by atoms with Gasteiger partial charge >= 0.3 is 12.1 Å². The molecule has 126 valence electrons. The Morgan fingerprint density at radius 2 is 1.73 bits per heavy atom. The zero-order valence-electron chi connectivity index (χ0n) is 14.0. The monoisotopic (exact) mass is 314 g/mol. The molecule has 1 saturated heterocycles. The molecule has 1 aliphatic heterocycles. The second kappa shape index (κ2) is 7.47. The van der Waals surface area contributed by atoms with Gasteiger partial charge in [0.05, 0.1) is 0 Å². The molecule has 0 N–H and O–H groups in total. The van der Waals surface area contributed by atoms with Crippen molar-refractivity contribution in [3.8, 4) is 0 Å². The van der Waals surface area contributed by atoms with Crippen LogP contribution in [0.2, 0.25) is 0 Å². The average molecular weight is 314 g/mol. The predicted molar refractivity (Wildman–Crippen MR) is 80.2 cm³/mol. The number of carbonyl (C=O) groups excluding carboxylic acids is 3. The largest absolute Gasteiger partial charge is 0.456 e. The summed E-state index contributed by atoms with van der Waals surface area (Å²) in [7, 11) is 1.69. The number of amides is 2. The molecule has 7 nitrogen and oxygen atoms in total. The van der Waals surface area contributed by atoms with Gasteiger partial charge in [0.25, 0.3) is 5.91 Å². The van der Waals surface area contributed by atoms with Gasteiger partial charge in [-0.1, -0.05) is 0 Å². The predicted octanol–water partition coefficient (Wildman–Crippen LogP) is 1.41. The van der Waals surface area contributed by atoms with Crippen molar-refractivity contribution in [3.63, 3.8) is 0 Å². The van der Waals surface area contributed by atoms with E-state index in [1.807, 2.05) is 20.8 Å². The van der Waals surface area contributed by atoms with E-state index in [4.69, 9.17) is 9.47 Å². The van der Waals surface area contributed by atoms with Gasteiger partial charge < -0.3 is 19.3 Å². The minimum Gasteiger partial charge on any atom is -0.456 e. The first-order valence-corrected chi connectivity index (χ1v) is 7.47. The van der Waals surface area contributed by atoms with Gasteiger partial charge in [0.2, 0.25) is 0 Å². The fourth-order valence-electron chi connectivity index (χ4n) is 2.23. The summed E-state index contributed by atoms with van der Waals surface area (Å²) < 4.78 is 10.0. The van der Waals surface area contributed by atoms with Crippen molar-refractivity contribution in [1.82, 2.24) is 9.80 Å². The lowest BCUT2D eigenvalue weighted by atomic mass is 10.0. The van der Waals surface area contributed by atoms with Crippen molar-refractivity contribution in [2.24, 2.45) is 0 Å². The first kappa shape index (κ1) is 18.3. The molecule has 1 heterocycles. The molecule has 0 unspecified atom stereocenters. The number of rotatable bonds is 3. The molecule has 1 rings (SSSR count). The van der Waals surface area contributed by atoms with Crippen molar-refractivity contribution in [2.75, 3.05) is 26.7 Å². The highest BCUT2D eigenvalue weighted by atomic mass is 16.6. The summed E-state index contributed by atoms with van der Waals surface area (Å²) in [6.45, 7) is 7.62. The van der Waals surface area contributed by atoms with Gasteiger partial charge in [-0.25, -0.2) is 4.79 Å². The van der Waals surface area contributed by atoms with E-state index in [2.05, 4.69) is 0 Å². The zero-order valence-corrected chi connectivity index (χ0v) is 14.0. The number of ether oxygens (including phenoxy) is 2. The fourth-order valence-corrected chi connectivity index (χ4v) is 2.23. The molecule has 22 heavy (non-hydrogen) atoms. The van der Waals surface area contributed by atoms with Crippen molar-refractivity contribution in [3.05, 3.63) is 0 Å². The van der Waals surface area contributed by atoms with Gasteiger partial charge in [0.1, 0.15) is 5.60 Å². The van der Waals surface area contributed by atoms with Crippen LogP contribution in [-0.4, -0.2) is 66.2 Å². The molecule has 7 heteroatoms. The fraction of sp³-hybridized carbons (Fsp3) is 0.800. The molecule has 0 atom stereocenters. The molecule has 0 aromatic carbocycles. The molecule has 2 amide bonds. The second-order valence-corrected chi connectivity index (χ2v) is 6.48. The maximum atomic E-state index is 12.0. The van der Waals surface area contributed by atoms with E-state index in [0.717, 1.165) is 0 Å². The number of carbonyl (C=O) groups is 3. The molecular formula is C15H26N2O5. The summed E-state index contributed by atoms with van der Waals surface area (Å²) in [5.41, 5.74) is -0.509. The third-order valence-electron chi connectivity index (χ3n) is 3.46. The summed E-state index contributed by atoms with van der Waals surface area (Å²) in [5, 5.41) is 0. The molecule has 0 radical (unpaired) electrons. The second-order valence-electron chi connectivity index (χ2n) is 6.48. The van der Waals surface area contributed by atoms with Crippen molar-refractivity contribution in [1.29, 1.82) is 0 Å². The third-order valence-corrected chi connectivity index (χ3v) is 3.46. The zero-order chi connectivity index (χ0) is 16.9. The van der Waals surface area contributed by atoms with Crippen LogP contribution in [0.15, 0.2) is 0 Å². The Morgan fingerprint density at radius 1 is 1.18 bits per heavy atom. The number of esters is 1. The maximum absolute atomic E-state index is 12.0. The van der Waals surface area contributed by atoms with E-state index in [1.165, 1.54) is 6.92 Å². The van der Waals surface area contributed by atoms with E-state index in [9.17, 15) is 14.4 Å². The van der Waals surface area contributed by atoms with Crippen LogP contribution in [0, 0.1) is 0 Å². The van der Waals surface area contributed by atoms with Crippen LogP contribution in [-0.2, 0) is 19.1 Å². The van der Waals surface area contributed by atoms with Gasteiger partial charge in [-0.3, -0.25) is 9.59 Å². The van der Waals surface area contributed by atoms with E-state index in [-0.39, 0.29) is 24.6 Å². The number of hydrogen-bond donors (Lipinski definition) is 0. The third kappa shape index (κ3) is 5.91. The highest BCUT2D eigenvalue weighted by Crippen LogP contribution is 2.18. The molecule has 0 bridgehead atoms. The molecule has 0 aliphatic carbocycles. The first-order valence-electron chi connectivity index (χ1n) is 7.47. The van der Waals surface area contributed by atoms with E-state index >= 15 is 0 Å². The summed E-state index contributed by atoms with van der Waals surface area (Å²) >= 11 is 0. The topological polar surface area (TPSA) is 76.2 Å². The van der Waals surface area contributed by atoms with Crippen LogP contribution in [0.4, 0.5) is 4.79 Å². The Balaban J connectivity index is 2.42. The number of likely N-dealkylation sites (N-methyl/N-ethyl adjacent to an activating group) is 1. The molecule has 0 aromatic heterocycles. The molecule has 0 saturated carbocycles. The minimum absolute atomic E-state index is 0.0433. The van der Waals surface area contributed by atoms with Crippen LogP contribution < -0.4 is 0 Å². The van der Waals surface area contributed by atoms with Crippen molar-refractivity contribution in [2.45, 2.75) is 52.2 Å². The van der Waals surface area contributed by atoms with Gasteiger partial charge in [-0.2, -0.15) is 0 Å². The lowest BCUT2D eigenvalue weighted by Gasteiger charge is -2.37. The molecular weight excluding hydrogens is 288 g/mol. The average Bonchev–Trinajstić information content (AvgIpc) is 2.42. The Labute approximate surface area is 131 Å². The quantitative estimate of drug-likeness (QED) is 0.736. The van der Waals surface area contributed by atoms with E-state index in [0.29, 0.717) is 25.9 Å². The van der Waals surface area contributed by atoms with E-state index in [1.54, 1.807) is 16.8 Å². The first-order chi connectivity index (χ1) is 10.1. The number of nitrogens with zero attached hydrogens (tertiary/aromatic N) is 2. The Bertz CT molecular complexity index is 422. The van der Waals surface area contributed by atoms with Gasteiger partial charge in [0.15, 0.2) is 6.61 Å². The highest BCUT2D eigenvalue weighted by Gasteiger charge is 2.30. The molecule has 1 fully saturated rings. The van der Waals surface area contributed by atoms with Crippen LogP contribution in [0.1, 0.15) is 40.5 Å². The Kier molecular flexibility index (Phi) is 6.20. The molecule has 0 spiro atoms. The summed E-state index contributed by atoms with van der Waals surface area (Å²) in [6.07, 6.45) is 1.04. The van der Waals surface area contributed by atoms with Crippen LogP contribution in [0.3, 0.4) is 0 Å². The maximum Gasteiger partial charge on any atom is 0.410 e. The smallest absolute Gasteiger partial charge is 0.410 e. The molecule has 0 aromatic rings. The van der Waals surface area contributed by atoms with Gasteiger partial charge in [0, 0.05) is 33.1 Å². The summed E-state index contributed by atoms with van der Waals surface area (Å²) in [5.74, 6) is -0.701. The Morgan fingerprint density at radius 3 is 2.18 bits per heavy atom. The summed E-state index contributed by atoms with van der Waals surface area (Å²) in [6, 6.07) is 0.0433. The molecule has 1 aliphatic rings. The Hall–Kier alpha value is -1.79. The van der Waals surface area contributed by atoms with Crippen LogP contribution in [0.5, 0.6) is 0 Å². The van der Waals surface area contributed by atoms with Gasteiger partial charge in [-0.05, 0) is 33.6 Å². The number of piperidine rings is 1. The number of likely N-dealkylation sites (tertiary alicyclic amines) is 1. The highest BCUT2D eigenvalue weighted by molar-refractivity contribution is 5.80. The van der Waals surface area contributed by atoms with E-state index < -0.39 is 11.6 Å². The van der Waals surface area contributed by atoms with Crippen LogP contribution >= 0.6 is 0 Å². The lowest BCUT2D eigenvalue weighted by Crippen LogP contribution is -2.49. The van der Waals surface area contributed by atoms with Gasteiger partial charge in [-0.15, -0.1) is 0 Å². The van der Waals surface area contributed by atoms with Crippen molar-refractivity contribution >= 4 is 18.0 Å². The normalized spacial score (nSPS) is 16.1.